The van der Waals surface area contributed by atoms with Gasteiger partial charge in [-0.05, 0) is 50.9 Å². The fourth-order valence-electron chi connectivity index (χ4n) is 3.89. The van der Waals surface area contributed by atoms with Crippen molar-refractivity contribution in [2.75, 3.05) is 12.3 Å². The maximum Gasteiger partial charge on any atom is 0.307 e. The van der Waals surface area contributed by atoms with Crippen LogP contribution in [0, 0.1) is 11.8 Å². The maximum absolute atomic E-state index is 12.6. The summed E-state index contributed by atoms with van der Waals surface area (Å²) in [5.74, 6) is -0.356. The Morgan fingerprint density at radius 1 is 1.36 bits per heavy atom. The van der Waals surface area contributed by atoms with Crippen LogP contribution in [0.4, 0.5) is 0 Å². The molecule has 0 amide bonds. The number of esters is 1. The smallest absolute Gasteiger partial charge is 0.307 e. The van der Waals surface area contributed by atoms with E-state index in [1.54, 1.807) is 0 Å². The number of aliphatic hydroxyl groups excluding tert-OH is 2. The van der Waals surface area contributed by atoms with Gasteiger partial charge < -0.3 is 20.7 Å². The number of aliphatic hydroxyl groups is 2. The van der Waals surface area contributed by atoms with E-state index >= 15 is 0 Å². The number of allylic oxidation sites excluding steroid dienone is 2. The van der Waals surface area contributed by atoms with Gasteiger partial charge in [0.1, 0.15) is 0 Å². The van der Waals surface area contributed by atoms with Gasteiger partial charge in [0.25, 0.3) is 0 Å². The summed E-state index contributed by atoms with van der Waals surface area (Å²) >= 11 is 0. The monoisotopic (exact) mass is 373 g/mol. The van der Waals surface area contributed by atoms with Crippen molar-refractivity contribution in [1.29, 1.82) is 0 Å². The first-order chi connectivity index (χ1) is 11.9. The number of hydrogen-bond acceptors (Lipinski definition) is 6. The molecular weight excluding hydrogens is 342 g/mol. The number of carbonyl (C=O) groups is 1. The van der Waals surface area contributed by atoms with Gasteiger partial charge in [0.2, 0.25) is 0 Å². The van der Waals surface area contributed by atoms with Crippen molar-refractivity contribution in [3.05, 3.63) is 12.2 Å². The van der Waals surface area contributed by atoms with Crippen LogP contribution >= 0.6 is 0 Å². The highest BCUT2D eigenvalue weighted by atomic mass is 32.2. The highest BCUT2D eigenvalue weighted by Gasteiger charge is 2.42. The molecule has 0 aromatic heterocycles. The van der Waals surface area contributed by atoms with Crippen molar-refractivity contribution in [2.45, 2.75) is 69.0 Å². The largest absolute Gasteiger partial charge is 0.463 e. The second-order valence-corrected chi connectivity index (χ2v) is 8.99. The normalized spacial score (nSPS) is 40.1. The van der Waals surface area contributed by atoms with Crippen LogP contribution in [-0.4, -0.2) is 56.3 Å². The Hall–Kier alpha value is -0.760. The molecule has 2 aliphatic rings. The minimum absolute atomic E-state index is 0.0385. The predicted octanol–water partition coefficient (Wildman–Crippen LogP) is 0.872. The molecule has 25 heavy (non-hydrogen) atoms. The van der Waals surface area contributed by atoms with Crippen LogP contribution in [0.25, 0.3) is 0 Å². The van der Waals surface area contributed by atoms with Crippen molar-refractivity contribution in [1.82, 2.24) is 0 Å². The van der Waals surface area contributed by atoms with Crippen LogP contribution in [0.15, 0.2) is 12.2 Å². The Bertz CT molecular complexity index is 498. The molecule has 1 unspecified atom stereocenters. The zero-order valence-corrected chi connectivity index (χ0v) is 15.7. The molecule has 6 nitrogen and oxygen atoms in total. The molecule has 0 radical (unpaired) electrons. The van der Waals surface area contributed by atoms with Crippen LogP contribution in [0.3, 0.4) is 0 Å². The Morgan fingerprint density at radius 3 is 2.84 bits per heavy atom. The lowest BCUT2D eigenvalue weighted by atomic mass is 9.87. The zero-order valence-electron chi connectivity index (χ0n) is 14.9. The minimum atomic E-state index is -1.42. The van der Waals surface area contributed by atoms with Crippen LogP contribution in [0.2, 0.25) is 0 Å². The number of carbonyl (C=O) groups excluding carboxylic acids is 1. The third kappa shape index (κ3) is 5.88. The number of hydrogen-bond donors (Lipinski definition) is 3. The topological polar surface area (TPSA) is 110 Å². The molecule has 0 saturated heterocycles. The Balaban J connectivity index is 2.24. The van der Waals surface area contributed by atoms with E-state index in [9.17, 15) is 19.2 Å². The van der Waals surface area contributed by atoms with Gasteiger partial charge in [-0.1, -0.05) is 12.2 Å². The molecule has 1 aliphatic carbocycles. The van der Waals surface area contributed by atoms with Crippen molar-refractivity contribution in [2.24, 2.45) is 17.6 Å². The van der Waals surface area contributed by atoms with Crippen molar-refractivity contribution < 1.29 is 24.0 Å². The highest BCUT2D eigenvalue weighted by Crippen LogP contribution is 2.38. The van der Waals surface area contributed by atoms with Crippen molar-refractivity contribution in [3.63, 3.8) is 0 Å². The lowest BCUT2D eigenvalue weighted by Crippen LogP contribution is -2.41. The average molecular weight is 374 g/mol. The number of cyclic esters (lactones) is 1. The quantitative estimate of drug-likeness (QED) is 0.500. The van der Waals surface area contributed by atoms with Gasteiger partial charge in [-0.25, -0.2) is 0 Å². The van der Waals surface area contributed by atoms with Gasteiger partial charge in [-0.2, -0.15) is 0 Å². The molecule has 0 spiro atoms. The van der Waals surface area contributed by atoms with E-state index in [-0.39, 0.29) is 36.7 Å². The Kier molecular flexibility index (Phi) is 8.06. The summed E-state index contributed by atoms with van der Waals surface area (Å²) in [5, 5.41) is 20.2. The standard InChI is InChI=1S/C18H31NO5S/c1-12-5-3-2-4-6-13-9-14(20)10-15(13)18(22)16(11-17(21)24-12)25(23)8-7-19/h4,6,12-16,18,20,22H,2-3,5,7-11,19H2,1H3/b6-4+/t12-,13+,14-,15+,16+,18+,25?/m0/s1. The van der Waals surface area contributed by atoms with Gasteiger partial charge in [-0.3, -0.25) is 9.00 Å². The second kappa shape index (κ2) is 9.80. The summed E-state index contributed by atoms with van der Waals surface area (Å²) in [6.07, 6.45) is 6.08. The van der Waals surface area contributed by atoms with Crippen molar-refractivity contribution in [3.8, 4) is 0 Å². The summed E-state index contributed by atoms with van der Waals surface area (Å²) < 4.78 is 18.0. The molecule has 144 valence electrons. The molecule has 0 aromatic rings. The second-order valence-electron chi connectivity index (χ2n) is 7.22. The van der Waals surface area contributed by atoms with Gasteiger partial charge >= 0.3 is 5.97 Å². The third-order valence-corrected chi connectivity index (χ3v) is 6.94. The number of rotatable bonds is 3. The maximum atomic E-state index is 12.6. The summed E-state index contributed by atoms with van der Waals surface area (Å²) in [4.78, 5) is 12.3. The van der Waals surface area contributed by atoms with Crippen LogP contribution < -0.4 is 5.73 Å². The summed E-state index contributed by atoms with van der Waals surface area (Å²) in [7, 11) is -1.42. The van der Waals surface area contributed by atoms with Gasteiger partial charge in [0.15, 0.2) is 0 Å². The summed E-state index contributed by atoms with van der Waals surface area (Å²) in [5.41, 5.74) is 5.52. The minimum Gasteiger partial charge on any atom is -0.463 e. The summed E-state index contributed by atoms with van der Waals surface area (Å²) in [6, 6.07) is 0. The first-order valence-electron chi connectivity index (χ1n) is 9.21. The molecule has 1 aliphatic heterocycles. The summed E-state index contributed by atoms with van der Waals surface area (Å²) in [6.45, 7) is 2.09. The molecule has 4 N–H and O–H groups in total. The lowest BCUT2D eigenvalue weighted by Gasteiger charge is -2.29. The first-order valence-corrected chi connectivity index (χ1v) is 10.6. The fourth-order valence-corrected chi connectivity index (χ4v) is 5.26. The average Bonchev–Trinajstić information content (AvgIpc) is 2.92. The molecule has 7 heteroatoms. The van der Waals surface area contributed by atoms with E-state index in [0.29, 0.717) is 12.8 Å². The molecule has 0 aromatic carbocycles. The molecule has 2 rings (SSSR count). The lowest BCUT2D eigenvalue weighted by molar-refractivity contribution is -0.149. The van der Waals surface area contributed by atoms with E-state index in [0.717, 1.165) is 19.3 Å². The molecule has 1 heterocycles. The predicted molar refractivity (Wildman–Crippen MR) is 97.2 cm³/mol. The van der Waals surface area contributed by atoms with Crippen LogP contribution in [0.1, 0.15) is 45.4 Å². The number of nitrogens with two attached hydrogens (primary N) is 1. The number of ether oxygens (including phenoxy) is 1. The number of fused-ring (bicyclic) bond motifs is 1. The van der Waals surface area contributed by atoms with E-state index in [4.69, 9.17) is 10.5 Å². The highest BCUT2D eigenvalue weighted by molar-refractivity contribution is 7.85. The van der Waals surface area contributed by atoms with Crippen LogP contribution in [0.5, 0.6) is 0 Å². The van der Waals surface area contributed by atoms with E-state index < -0.39 is 34.2 Å². The molecular formula is C18H31NO5S. The zero-order chi connectivity index (χ0) is 18.4. The fraction of sp³-hybridized carbons (Fsp3) is 0.833. The van der Waals surface area contributed by atoms with Crippen LogP contribution in [-0.2, 0) is 20.3 Å². The first kappa shape index (κ1) is 20.6. The molecule has 0 bridgehead atoms. The molecule has 1 saturated carbocycles. The Labute approximate surface area is 152 Å². The molecule has 1 fully saturated rings. The van der Waals surface area contributed by atoms with Gasteiger partial charge in [0, 0.05) is 23.1 Å². The SMILES string of the molecule is C[C@H]1CCC/C=C/[C@@H]2C[C@H](O)C[C@H]2[C@@H](O)[C@H](S(=O)CCN)CC(=O)O1. The van der Waals surface area contributed by atoms with Gasteiger partial charge in [0.05, 0.1) is 30.0 Å². The van der Waals surface area contributed by atoms with Gasteiger partial charge in [-0.15, -0.1) is 0 Å². The van der Waals surface area contributed by atoms with E-state index in [1.165, 1.54) is 0 Å². The van der Waals surface area contributed by atoms with E-state index in [1.807, 2.05) is 6.92 Å². The Morgan fingerprint density at radius 2 is 2.12 bits per heavy atom. The van der Waals surface area contributed by atoms with Crippen molar-refractivity contribution >= 4 is 16.8 Å². The van der Waals surface area contributed by atoms with E-state index in [2.05, 4.69) is 12.2 Å². The molecule has 7 atom stereocenters. The third-order valence-electron chi connectivity index (χ3n) is 5.18.